The topological polar surface area (TPSA) is 142 Å². The smallest absolute Gasteiger partial charge is 0.294 e. The Morgan fingerprint density at radius 3 is 2.40 bits per heavy atom. The normalized spacial score (nSPS) is 15.4. The molecule has 0 radical (unpaired) electrons. The Morgan fingerprint density at radius 1 is 1.15 bits per heavy atom. The van der Waals surface area contributed by atoms with Crippen molar-refractivity contribution >= 4 is 34.6 Å². The highest BCUT2D eigenvalue weighted by Crippen LogP contribution is 2.41. The number of nitrogens with zero attached hydrogens (tertiary/aromatic N) is 6. The summed E-state index contributed by atoms with van der Waals surface area (Å²) in [5.74, 6) is -1.92. The Hall–Kier alpha value is -4.17. The average molecular weight is 559 g/mol. The van der Waals surface area contributed by atoms with Crippen LogP contribution in [0.15, 0.2) is 30.6 Å². The Labute approximate surface area is 230 Å². The monoisotopic (exact) mass is 558 g/mol. The van der Waals surface area contributed by atoms with Crippen molar-refractivity contribution in [3.8, 4) is 5.75 Å². The lowest BCUT2D eigenvalue weighted by Gasteiger charge is -2.29. The fourth-order valence-electron chi connectivity index (χ4n) is 4.78. The first kappa shape index (κ1) is 28.8. The molecule has 1 fully saturated rings. The largest absolute Gasteiger partial charge is 0.494 e. The van der Waals surface area contributed by atoms with Crippen molar-refractivity contribution < 1.29 is 23.5 Å². The third kappa shape index (κ3) is 6.34. The first-order chi connectivity index (χ1) is 18.9. The van der Waals surface area contributed by atoms with Crippen LogP contribution in [-0.2, 0) is 5.60 Å². The van der Waals surface area contributed by atoms with Crippen LogP contribution in [0.4, 0.5) is 43.4 Å². The van der Waals surface area contributed by atoms with Crippen LogP contribution in [-0.4, -0.2) is 70.2 Å². The second kappa shape index (κ2) is 11.5. The van der Waals surface area contributed by atoms with Crippen LogP contribution in [0.2, 0.25) is 0 Å². The van der Waals surface area contributed by atoms with Crippen molar-refractivity contribution in [2.45, 2.75) is 38.3 Å². The Balaban J connectivity index is 1.66. The minimum atomic E-state index is -1.50. The van der Waals surface area contributed by atoms with Crippen molar-refractivity contribution in [3.63, 3.8) is 0 Å². The van der Waals surface area contributed by atoms with Gasteiger partial charge in [-0.05, 0) is 46.9 Å². The van der Waals surface area contributed by atoms with Gasteiger partial charge in [-0.3, -0.25) is 10.1 Å². The van der Waals surface area contributed by atoms with E-state index in [-0.39, 0.29) is 40.6 Å². The molecule has 14 heteroatoms. The molecule has 2 aromatic carbocycles. The summed E-state index contributed by atoms with van der Waals surface area (Å²) in [4.78, 5) is 28.1. The summed E-state index contributed by atoms with van der Waals surface area (Å²) in [6, 6.07) is 4.92. The summed E-state index contributed by atoms with van der Waals surface area (Å²) in [7, 11) is 5.39. The molecular formula is C26H32F2N8O4. The van der Waals surface area contributed by atoms with E-state index in [0.717, 1.165) is 31.5 Å². The number of aliphatic hydroxyl groups is 1. The van der Waals surface area contributed by atoms with Gasteiger partial charge in [0.25, 0.3) is 5.69 Å². The van der Waals surface area contributed by atoms with Crippen LogP contribution < -0.4 is 20.3 Å². The van der Waals surface area contributed by atoms with Gasteiger partial charge in [-0.15, -0.1) is 0 Å². The molecule has 1 atom stereocenters. The summed E-state index contributed by atoms with van der Waals surface area (Å²) >= 11 is 0. The van der Waals surface area contributed by atoms with E-state index in [0.29, 0.717) is 18.0 Å². The van der Waals surface area contributed by atoms with E-state index in [1.165, 1.54) is 33.4 Å². The second-order valence-corrected chi connectivity index (χ2v) is 10.3. The molecule has 0 unspecified atom stereocenters. The van der Waals surface area contributed by atoms with Crippen molar-refractivity contribution in [1.29, 1.82) is 0 Å². The molecule has 3 N–H and O–H groups in total. The van der Waals surface area contributed by atoms with Gasteiger partial charge in [-0.1, -0.05) is 0 Å². The lowest BCUT2D eigenvalue weighted by molar-refractivity contribution is -0.384. The minimum absolute atomic E-state index is 0.0110. The van der Waals surface area contributed by atoms with E-state index in [4.69, 9.17) is 4.74 Å². The van der Waals surface area contributed by atoms with Gasteiger partial charge >= 0.3 is 0 Å². The first-order valence-corrected chi connectivity index (χ1v) is 12.6. The number of nitro benzene ring substituents is 1. The molecular weight excluding hydrogens is 526 g/mol. The maximum Gasteiger partial charge on any atom is 0.294 e. The molecule has 2 heterocycles. The van der Waals surface area contributed by atoms with Crippen molar-refractivity contribution in [2.75, 3.05) is 49.8 Å². The van der Waals surface area contributed by atoms with Crippen molar-refractivity contribution in [2.24, 2.45) is 0 Å². The molecule has 0 saturated carbocycles. The quantitative estimate of drug-likeness (QED) is 0.242. The third-order valence-corrected chi connectivity index (χ3v) is 6.54. The molecule has 1 aliphatic rings. The summed E-state index contributed by atoms with van der Waals surface area (Å²) in [6.45, 7) is 4.31. The van der Waals surface area contributed by atoms with Crippen LogP contribution in [0.25, 0.3) is 0 Å². The Kier molecular flexibility index (Phi) is 8.30. The molecule has 214 valence electrons. The number of methoxy groups -OCH3 is 1. The molecule has 0 spiro atoms. The van der Waals surface area contributed by atoms with E-state index < -0.39 is 22.2 Å². The molecule has 0 aliphatic carbocycles. The molecule has 12 nitrogen and oxygen atoms in total. The molecule has 1 aliphatic heterocycles. The Bertz CT molecular complexity index is 1400. The zero-order valence-electron chi connectivity index (χ0n) is 22.9. The molecule has 4 rings (SSSR count). The number of rotatable bonds is 10. The van der Waals surface area contributed by atoms with Crippen LogP contribution in [0.3, 0.4) is 0 Å². The maximum atomic E-state index is 14.0. The molecule has 0 bridgehead atoms. The van der Waals surface area contributed by atoms with E-state index in [2.05, 4.69) is 30.5 Å². The number of ether oxygens (including phenoxy) is 1. The minimum Gasteiger partial charge on any atom is -0.494 e. The maximum absolute atomic E-state index is 14.0. The predicted octanol–water partition coefficient (Wildman–Crippen LogP) is 4.31. The van der Waals surface area contributed by atoms with Crippen LogP contribution in [0.1, 0.15) is 32.3 Å². The first-order valence-electron chi connectivity index (χ1n) is 12.6. The van der Waals surface area contributed by atoms with Gasteiger partial charge in [0.05, 0.1) is 29.0 Å². The SMILES string of the molecule is COc1cc(N2CCC[C@@H]2CN(C)C)c([N+](=O)[O-])cc1Nc1ncnc(Nc2cc(F)c(F)cc2C(C)(C)O)n1. The second-order valence-electron chi connectivity index (χ2n) is 10.3. The fraction of sp³-hybridized carbons (Fsp3) is 0.423. The highest BCUT2D eigenvalue weighted by molar-refractivity contribution is 5.77. The summed E-state index contributed by atoms with van der Waals surface area (Å²) in [6.07, 6.45) is 3.02. The fourth-order valence-corrected chi connectivity index (χ4v) is 4.78. The highest BCUT2D eigenvalue weighted by Gasteiger charge is 2.32. The van der Waals surface area contributed by atoms with Gasteiger partial charge in [-0.2, -0.15) is 4.98 Å². The molecule has 3 aromatic rings. The van der Waals surface area contributed by atoms with Gasteiger partial charge in [-0.25, -0.2) is 18.7 Å². The number of likely N-dealkylation sites (N-methyl/N-ethyl adjacent to an activating group) is 1. The standard InChI is InChI=1S/C26H32F2N8O4/c1-26(2,37)16-9-17(27)18(28)10-19(16)31-24-29-14-30-25(33-24)32-20-11-22(36(38)39)21(12-23(20)40-5)35-8-6-7-15(35)13-34(3)4/h9-12,14-15,37H,6-8,13H2,1-5H3,(H2,29,30,31,32,33)/t15-/m1/s1. The molecule has 0 amide bonds. The number of anilines is 5. The lowest BCUT2D eigenvalue weighted by Crippen LogP contribution is -2.37. The van der Waals surface area contributed by atoms with E-state index in [1.807, 2.05) is 19.0 Å². The van der Waals surface area contributed by atoms with E-state index in [9.17, 15) is 24.0 Å². The molecule has 40 heavy (non-hydrogen) atoms. The van der Waals surface area contributed by atoms with Crippen LogP contribution >= 0.6 is 0 Å². The zero-order chi connectivity index (χ0) is 29.2. The van der Waals surface area contributed by atoms with Gasteiger partial charge < -0.3 is 30.3 Å². The zero-order valence-corrected chi connectivity index (χ0v) is 22.9. The molecule has 1 aromatic heterocycles. The van der Waals surface area contributed by atoms with E-state index in [1.54, 1.807) is 6.07 Å². The van der Waals surface area contributed by atoms with Gasteiger partial charge in [0, 0.05) is 42.9 Å². The summed E-state index contributed by atoms with van der Waals surface area (Å²) in [5.41, 5.74) is -0.740. The summed E-state index contributed by atoms with van der Waals surface area (Å²) in [5, 5.41) is 28.2. The number of halogens is 2. The number of nitrogens with one attached hydrogen (secondary N) is 2. The number of benzene rings is 2. The van der Waals surface area contributed by atoms with Crippen LogP contribution in [0.5, 0.6) is 5.75 Å². The lowest BCUT2D eigenvalue weighted by atomic mass is 9.96. The van der Waals surface area contributed by atoms with Crippen molar-refractivity contribution in [3.05, 3.63) is 57.9 Å². The number of hydrogen-bond acceptors (Lipinski definition) is 11. The van der Waals surface area contributed by atoms with Gasteiger partial charge in [0.1, 0.15) is 17.8 Å². The average Bonchev–Trinajstić information content (AvgIpc) is 3.32. The summed E-state index contributed by atoms with van der Waals surface area (Å²) < 4.78 is 33.4. The van der Waals surface area contributed by atoms with Crippen molar-refractivity contribution in [1.82, 2.24) is 19.9 Å². The van der Waals surface area contributed by atoms with Crippen LogP contribution in [0, 0.1) is 21.7 Å². The number of aromatic nitrogens is 3. The van der Waals surface area contributed by atoms with Gasteiger partial charge in [0.15, 0.2) is 11.6 Å². The van der Waals surface area contributed by atoms with Gasteiger partial charge in [0.2, 0.25) is 11.9 Å². The van der Waals surface area contributed by atoms with E-state index >= 15 is 0 Å². The third-order valence-electron chi connectivity index (χ3n) is 6.54. The predicted molar refractivity (Wildman–Crippen MR) is 147 cm³/mol. The number of nitro groups is 1. The molecule has 1 saturated heterocycles. The number of hydrogen-bond donors (Lipinski definition) is 3. The highest BCUT2D eigenvalue weighted by atomic mass is 19.2. The Morgan fingerprint density at radius 2 is 1.80 bits per heavy atom.